The van der Waals surface area contributed by atoms with Crippen LogP contribution in [0.25, 0.3) is 0 Å². The molecule has 0 aliphatic rings. The predicted octanol–water partition coefficient (Wildman–Crippen LogP) is 3.64. The van der Waals surface area contributed by atoms with Crippen LogP contribution >= 0.6 is 11.6 Å². The highest BCUT2D eigenvalue weighted by Gasteiger charge is 2.16. The summed E-state index contributed by atoms with van der Waals surface area (Å²) in [6.45, 7) is 12.6. The van der Waals surface area contributed by atoms with Crippen molar-refractivity contribution >= 4 is 11.6 Å². The highest BCUT2D eigenvalue weighted by molar-refractivity contribution is 6.31. The molecule has 1 heterocycles. The monoisotopic (exact) mass is 271 g/mol. The molecule has 1 aromatic rings. The van der Waals surface area contributed by atoms with E-state index in [1.165, 1.54) is 6.42 Å². The zero-order valence-electron chi connectivity index (χ0n) is 12.3. The largest absolute Gasteiger partial charge is 0.308 e. The lowest BCUT2D eigenvalue weighted by Crippen LogP contribution is -2.32. The van der Waals surface area contributed by atoms with Crippen molar-refractivity contribution in [1.29, 1.82) is 0 Å². The van der Waals surface area contributed by atoms with Gasteiger partial charge in [-0.2, -0.15) is 5.10 Å². The molecule has 1 N–H and O–H groups in total. The normalized spacial score (nSPS) is 14.8. The van der Waals surface area contributed by atoms with Gasteiger partial charge in [-0.05, 0) is 26.2 Å². The molecule has 0 fully saturated rings. The summed E-state index contributed by atoms with van der Waals surface area (Å²) in [5.41, 5.74) is 2.12. The van der Waals surface area contributed by atoms with Gasteiger partial charge in [-0.15, -0.1) is 0 Å². The van der Waals surface area contributed by atoms with Crippen molar-refractivity contribution in [3.8, 4) is 0 Å². The number of nitrogens with one attached hydrogen (secondary N) is 1. The number of aromatic nitrogens is 2. The molecule has 0 spiro atoms. The highest BCUT2D eigenvalue weighted by atomic mass is 35.5. The lowest BCUT2D eigenvalue weighted by Gasteiger charge is -2.20. The first-order valence-corrected chi connectivity index (χ1v) is 7.40. The summed E-state index contributed by atoms with van der Waals surface area (Å²) in [4.78, 5) is 0. The minimum Gasteiger partial charge on any atom is -0.308 e. The standard InChI is InChI=1S/C14H26ClN3/c1-6-10(4)11(5)16-9-13-14(15)12(7-2)17-18(13)8-3/h10-11,16H,6-9H2,1-5H3. The minimum atomic E-state index is 0.497. The number of halogens is 1. The summed E-state index contributed by atoms with van der Waals surface area (Å²) >= 11 is 6.38. The number of rotatable bonds is 7. The highest BCUT2D eigenvalue weighted by Crippen LogP contribution is 2.22. The quantitative estimate of drug-likeness (QED) is 0.821. The Morgan fingerprint density at radius 2 is 1.94 bits per heavy atom. The molecule has 0 radical (unpaired) electrons. The van der Waals surface area contributed by atoms with Gasteiger partial charge in [0.25, 0.3) is 0 Å². The van der Waals surface area contributed by atoms with Gasteiger partial charge in [-0.3, -0.25) is 4.68 Å². The third kappa shape index (κ3) is 3.48. The molecule has 1 rings (SSSR count). The van der Waals surface area contributed by atoms with Gasteiger partial charge in [0, 0.05) is 19.1 Å². The second-order valence-corrected chi connectivity index (χ2v) is 5.31. The molecule has 18 heavy (non-hydrogen) atoms. The molecule has 0 amide bonds. The molecule has 104 valence electrons. The maximum Gasteiger partial charge on any atom is 0.0863 e. The van der Waals surface area contributed by atoms with Crippen LogP contribution in [0.4, 0.5) is 0 Å². The predicted molar refractivity (Wildman–Crippen MR) is 78.0 cm³/mol. The van der Waals surface area contributed by atoms with E-state index in [9.17, 15) is 0 Å². The molecular formula is C14H26ClN3. The Labute approximate surface area is 116 Å². The summed E-state index contributed by atoms with van der Waals surface area (Å²) < 4.78 is 2.01. The minimum absolute atomic E-state index is 0.497. The maximum absolute atomic E-state index is 6.38. The summed E-state index contributed by atoms with van der Waals surface area (Å²) in [7, 11) is 0. The first-order valence-electron chi connectivity index (χ1n) is 7.02. The Morgan fingerprint density at radius 1 is 1.28 bits per heavy atom. The molecule has 2 atom stereocenters. The molecular weight excluding hydrogens is 246 g/mol. The third-order valence-electron chi connectivity index (χ3n) is 3.78. The van der Waals surface area contributed by atoms with Crippen LogP contribution in [-0.4, -0.2) is 15.8 Å². The Kier molecular flexibility index (Phi) is 6.16. The van der Waals surface area contributed by atoms with E-state index in [-0.39, 0.29) is 0 Å². The molecule has 0 aliphatic heterocycles. The van der Waals surface area contributed by atoms with Crippen molar-refractivity contribution in [2.24, 2.45) is 5.92 Å². The smallest absolute Gasteiger partial charge is 0.0863 e. The molecule has 0 saturated heterocycles. The van der Waals surface area contributed by atoms with Gasteiger partial charge >= 0.3 is 0 Å². The van der Waals surface area contributed by atoms with Crippen LogP contribution in [0.2, 0.25) is 5.02 Å². The van der Waals surface area contributed by atoms with Gasteiger partial charge < -0.3 is 5.32 Å². The Hall–Kier alpha value is -0.540. The van der Waals surface area contributed by atoms with E-state index in [0.29, 0.717) is 12.0 Å². The number of nitrogens with zero attached hydrogens (tertiary/aromatic N) is 2. The van der Waals surface area contributed by atoms with Crippen LogP contribution in [0, 0.1) is 5.92 Å². The van der Waals surface area contributed by atoms with Gasteiger partial charge in [-0.1, -0.05) is 38.8 Å². The fraction of sp³-hybridized carbons (Fsp3) is 0.786. The topological polar surface area (TPSA) is 29.9 Å². The average molecular weight is 272 g/mol. The first kappa shape index (κ1) is 15.5. The molecule has 0 saturated carbocycles. The SMILES string of the molecule is CCc1nn(CC)c(CNC(C)C(C)CC)c1Cl. The van der Waals surface area contributed by atoms with E-state index in [1.54, 1.807) is 0 Å². The molecule has 3 nitrogen and oxygen atoms in total. The Morgan fingerprint density at radius 3 is 2.44 bits per heavy atom. The van der Waals surface area contributed by atoms with Crippen molar-refractivity contribution in [2.45, 2.75) is 66.6 Å². The van der Waals surface area contributed by atoms with E-state index in [4.69, 9.17) is 11.6 Å². The number of hydrogen-bond donors (Lipinski definition) is 1. The zero-order chi connectivity index (χ0) is 13.7. The number of aryl methyl sites for hydroxylation is 2. The second kappa shape index (κ2) is 7.15. The van der Waals surface area contributed by atoms with E-state index >= 15 is 0 Å². The van der Waals surface area contributed by atoms with Crippen molar-refractivity contribution in [3.63, 3.8) is 0 Å². The van der Waals surface area contributed by atoms with Crippen molar-refractivity contribution < 1.29 is 0 Å². The average Bonchev–Trinajstić information content (AvgIpc) is 2.70. The van der Waals surface area contributed by atoms with Gasteiger partial charge in [0.15, 0.2) is 0 Å². The molecule has 0 aliphatic carbocycles. The molecule has 0 bridgehead atoms. The second-order valence-electron chi connectivity index (χ2n) is 4.93. The van der Waals surface area contributed by atoms with Crippen LogP contribution in [-0.2, 0) is 19.5 Å². The molecule has 2 unspecified atom stereocenters. The van der Waals surface area contributed by atoms with Gasteiger partial charge in [0.05, 0.1) is 16.4 Å². The van der Waals surface area contributed by atoms with Crippen LogP contribution in [0.1, 0.15) is 52.4 Å². The lowest BCUT2D eigenvalue weighted by molar-refractivity contribution is 0.383. The van der Waals surface area contributed by atoms with E-state index < -0.39 is 0 Å². The Balaban J connectivity index is 2.74. The van der Waals surface area contributed by atoms with E-state index in [1.807, 2.05) is 4.68 Å². The van der Waals surface area contributed by atoms with E-state index in [2.05, 4.69) is 45.0 Å². The summed E-state index contributed by atoms with van der Waals surface area (Å²) in [6.07, 6.45) is 2.08. The summed E-state index contributed by atoms with van der Waals surface area (Å²) in [5.74, 6) is 0.674. The van der Waals surface area contributed by atoms with Gasteiger partial charge in [0.1, 0.15) is 0 Å². The fourth-order valence-electron chi connectivity index (χ4n) is 2.00. The van der Waals surface area contributed by atoms with Crippen LogP contribution in [0.5, 0.6) is 0 Å². The van der Waals surface area contributed by atoms with Gasteiger partial charge in [0.2, 0.25) is 0 Å². The van der Waals surface area contributed by atoms with Crippen LogP contribution in [0.3, 0.4) is 0 Å². The molecule has 0 aromatic carbocycles. The molecule has 1 aromatic heterocycles. The van der Waals surface area contributed by atoms with Crippen LogP contribution in [0.15, 0.2) is 0 Å². The summed E-state index contributed by atoms with van der Waals surface area (Å²) in [6, 6.07) is 0.497. The summed E-state index contributed by atoms with van der Waals surface area (Å²) in [5, 5.41) is 8.93. The zero-order valence-corrected chi connectivity index (χ0v) is 13.0. The van der Waals surface area contributed by atoms with E-state index in [0.717, 1.165) is 35.9 Å². The van der Waals surface area contributed by atoms with Crippen LogP contribution < -0.4 is 5.32 Å². The molecule has 4 heteroatoms. The van der Waals surface area contributed by atoms with Crippen molar-refractivity contribution in [3.05, 3.63) is 16.4 Å². The maximum atomic E-state index is 6.38. The fourth-order valence-corrected chi connectivity index (χ4v) is 2.33. The Bertz CT molecular complexity index is 373. The lowest BCUT2D eigenvalue weighted by atomic mass is 10.0. The van der Waals surface area contributed by atoms with Crippen molar-refractivity contribution in [2.75, 3.05) is 0 Å². The number of hydrogen-bond acceptors (Lipinski definition) is 2. The first-order chi connectivity index (χ1) is 8.54. The van der Waals surface area contributed by atoms with Gasteiger partial charge in [-0.25, -0.2) is 0 Å². The third-order valence-corrected chi connectivity index (χ3v) is 4.22. The van der Waals surface area contributed by atoms with Crippen molar-refractivity contribution in [1.82, 2.24) is 15.1 Å².